The van der Waals surface area contributed by atoms with Crippen molar-refractivity contribution in [3.05, 3.63) is 23.7 Å². The molecule has 98 valence electrons. The number of nitrogens with two attached hydrogens (primary N) is 1. The standard InChI is InChI=1S/C12H20N2O2.ClH/c1-4-12(5-2,8-13)14-11(15)10-7-6-9(3)16-10;/h6-7H,4-5,8,13H2,1-3H3,(H,14,15);1H. The lowest BCUT2D eigenvalue weighted by Gasteiger charge is -2.30. The van der Waals surface area contributed by atoms with Crippen LogP contribution < -0.4 is 11.1 Å². The fourth-order valence-corrected chi connectivity index (χ4v) is 1.63. The van der Waals surface area contributed by atoms with Crippen LogP contribution in [0.25, 0.3) is 0 Å². The van der Waals surface area contributed by atoms with Gasteiger partial charge in [0.05, 0.1) is 5.54 Å². The minimum absolute atomic E-state index is 0. The van der Waals surface area contributed by atoms with Gasteiger partial charge in [0.15, 0.2) is 5.76 Å². The Morgan fingerprint density at radius 1 is 1.41 bits per heavy atom. The molecule has 1 aromatic rings. The topological polar surface area (TPSA) is 68.3 Å². The number of nitrogens with one attached hydrogen (secondary N) is 1. The first-order chi connectivity index (χ1) is 7.56. The molecule has 0 aliphatic carbocycles. The number of halogens is 1. The minimum Gasteiger partial charge on any atom is -0.456 e. The van der Waals surface area contributed by atoms with E-state index in [9.17, 15) is 4.79 Å². The van der Waals surface area contributed by atoms with E-state index in [0.29, 0.717) is 12.3 Å². The van der Waals surface area contributed by atoms with Gasteiger partial charge in [0.1, 0.15) is 5.76 Å². The number of hydrogen-bond acceptors (Lipinski definition) is 3. The summed E-state index contributed by atoms with van der Waals surface area (Å²) in [6, 6.07) is 3.45. The van der Waals surface area contributed by atoms with Crippen molar-refractivity contribution >= 4 is 18.3 Å². The number of furan rings is 1. The molecule has 1 amide bonds. The van der Waals surface area contributed by atoms with Gasteiger partial charge < -0.3 is 15.5 Å². The van der Waals surface area contributed by atoms with Crippen LogP contribution in [0.15, 0.2) is 16.5 Å². The molecule has 0 fully saturated rings. The Balaban J connectivity index is 0.00000256. The smallest absolute Gasteiger partial charge is 0.287 e. The molecule has 5 heteroatoms. The number of aryl methyl sites for hydroxylation is 1. The molecular weight excluding hydrogens is 240 g/mol. The average molecular weight is 261 g/mol. The summed E-state index contributed by atoms with van der Waals surface area (Å²) in [5.41, 5.74) is 5.39. The van der Waals surface area contributed by atoms with Crippen LogP contribution in [0.1, 0.15) is 43.0 Å². The maximum absolute atomic E-state index is 11.9. The molecule has 1 heterocycles. The fraction of sp³-hybridized carbons (Fsp3) is 0.583. The van der Waals surface area contributed by atoms with Gasteiger partial charge in [-0.25, -0.2) is 0 Å². The van der Waals surface area contributed by atoms with E-state index < -0.39 is 0 Å². The van der Waals surface area contributed by atoms with E-state index in [1.165, 1.54) is 0 Å². The second kappa shape index (κ2) is 6.67. The summed E-state index contributed by atoms with van der Waals surface area (Å²) >= 11 is 0. The van der Waals surface area contributed by atoms with Gasteiger partial charge in [0.25, 0.3) is 5.91 Å². The van der Waals surface area contributed by atoms with Gasteiger partial charge in [-0.2, -0.15) is 0 Å². The van der Waals surface area contributed by atoms with Gasteiger partial charge in [-0.15, -0.1) is 12.4 Å². The highest BCUT2D eigenvalue weighted by atomic mass is 35.5. The summed E-state index contributed by atoms with van der Waals surface area (Å²) in [5, 5.41) is 2.95. The highest BCUT2D eigenvalue weighted by Crippen LogP contribution is 2.15. The van der Waals surface area contributed by atoms with Crippen molar-refractivity contribution in [2.75, 3.05) is 6.54 Å². The van der Waals surface area contributed by atoms with Crippen LogP contribution in [-0.4, -0.2) is 18.0 Å². The summed E-state index contributed by atoms with van der Waals surface area (Å²) in [7, 11) is 0. The molecule has 0 bridgehead atoms. The summed E-state index contributed by atoms with van der Waals surface area (Å²) in [6.07, 6.45) is 1.62. The first-order valence-corrected chi connectivity index (χ1v) is 5.66. The number of carbonyl (C=O) groups is 1. The summed E-state index contributed by atoms with van der Waals surface area (Å²) < 4.78 is 5.27. The van der Waals surface area contributed by atoms with Gasteiger partial charge in [-0.3, -0.25) is 4.79 Å². The van der Waals surface area contributed by atoms with E-state index >= 15 is 0 Å². The number of carbonyl (C=O) groups excluding carboxylic acids is 1. The third-order valence-electron chi connectivity index (χ3n) is 3.09. The van der Waals surface area contributed by atoms with E-state index in [1.54, 1.807) is 12.1 Å². The SMILES string of the molecule is CCC(CC)(CN)NC(=O)c1ccc(C)o1.Cl. The maximum atomic E-state index is 11.9. The molecular formula is C12H21ClN2O2. The predicted molar refractivity (Wildman–Crippen MR) is 70.5 cm³/mol. The second-order valence-corrected chi connectivity index (χ2v) is 4.06. The number of amides is 1. The molecule has 0 saturated carbocycles. The third kappa shape index (κ3) is 3.75. The van der Waals surface area contributed by atoms with Crippen molar-refractivity contribution < 1.29 is 9.21 Å². The van der Waals surface area contributed by atoms with E-state index in [4.69, 9.17) is 10.2 Å². The molecule has 0 aromatic carbocycles. The lowest BCUT2D eigenvalue weighted by molar-refractivity contribution is 0.0865. The summed E-state index contributed by atoms with van der Waals surface area (Å²) in [4.78, 5) is 11.9. The molecule has 17 heavy (non-hydrogen) atoms. The van der Waals surface area contributed by atoms with Crippen LogP contribution in [0.4, 0.5) is 0 Å². The maximum Gasteiger partial charge on any atom is 0.287 e. The van der Waals surface area contributed by atoms with Crippen LogP contribution in [0.2, 0.25) is 0 Å². The lowest BCUT2D eigenvalue weighted by Crippen LogP contribution is -2.52. The average Bonchev–Trinajstić information content (AvgIpc) is 2.73. The Bertz CT molecular complexity index is 351. The lowest BCUT2D eigenvalue weighted by atomic mass is 9.93. The molecule has 0 unspecified atom stereocenters. The molecule has 4 nitrogen and oxygen atoms in total. The Morgan fingerprint density at radius 3 is 2.35 bits per heavy atom. The fourth-order valence-electron chi connectivity index (χ4n) is 1.63. The Kier molecular flexibility index (Phi) is 6.27. The van der Waals surface area contributed by atoms with Crippen LogP contribution >= 0.6 is 12.4 Å². The molecule has 0 saturated heterocycles. The monoisotopic (exact) mass is 260 g/mol. The number of rotatable bonds is 5. The molecule has 0 spiro atoms. The van der Waals surface area contributed by atoms with Crippen molar-refractivity contribution in [2.45, 2.75) is 39.2 Å². The zero-order valence-corrected chi connectivity index (χ0v) is 11.4. The van der Waals surface area contributed by atoms with Gasteiger partial charge in [-0.1, -0.05) is 13.8 Å². The van der Waals surface area contributed by atoms with Gasteiger partial charge in [0, 0.05) is 6.54 Å². The molecule has 0 radical (unpaired) electrons. The third-order valence-corrected chi connectivity index (χ3v) is 3.09. The van der Waals surface area contributed by atoms with E-state index in [1.807, 2.05) is 20.8 Å². The molecule has 0 aliphatic heterocycles. The minimum atomic E-state index is -0.322. The largest absolute Gasteiger partial charge is 0.456 e. The Labute approximate surface area is 108 Å². The van der Waals surface area contributed by atoms with Crippen molar-refractivity contribution in [1.82, 2.24) is 5.32 Å². The zero-order chi connectivity index (χ0) is 12.2. The molecule has 0 aliphatic rings. The van der Waals surface area contributed by atoms with Crippen LogP contribution in [-0.2, 0) is 0 Å². The zero-order valence-electron chi connectivity index (χ0n) is 10.6. The number of hydrogen-bond donors (Lipinski definition) is 2. The molecule has 1 rings (SSSR count). The first-order valence-electron chi connectivity index (χ1n) is 5.66. The van der Waals surface area contributed by atoms with Gasteiger partial charge >= 0.3 is 0 Å². The van der Waals surface area contributed by atoms with Gasteiger partial charge in [-0.05, 0) is 31.9 Å². The molecule has 0 atom stereocenters. The van der Waals surface area contributed by atoms with Crippen molar-refractivity contribution in [2.24, 2.45) is 5.73 Å². The predicted octanol–water partition coefficient (Wildman–Crippen LogP) is 2.26. The van der Waals surface area contributed by atoms with Crippen molar-refractivity contribution in [1.29, 1.82) is 0 Å². The highest BCUT2D eigenvalue weighted by Gasteiger charge is 2.27. The van der Waals surface area contributed by atoms with E-state index in [-0.39, 0.29) is 23.9 Å². The second-order valence-electron chi connectivity index (χ2n) is 4.06. The summed E-state index contributed by atoms with van der Waals surface area (Å²) in [6.45, 7) is 6.28. The molecule has 1 aromatic heterocycles. The van der Waals surface area contributed by atoms with Crippen LogP contribution in [0.3, 0.4) is 0 Å². The van der Waals surface area contributed by atoms with Crippen molar-refractivity contribution in [3.63, 3.8) is 0 Å². The quantitative estimate of drug-likeness (QED) is 0.853. The Hall–Kier alpha value is -1.00. The van der Waals surface area contributed by atoms with Crippen LogP contribution in [0.5, 0.6) is 0 Å². The van der Waals surface area contributed by atoms with E-state index in [2.05, 4.69) is 5.32 Å². The van der Waals surface area contributed by atoms with E-state index in [0.717, 1.165) is 18.6 Å². The van der Waals surface area contributed by atoms with Crippen molar-refractivity contribution in [3.8, 4) is 0 Å². The summed E-state index contributed by atoms with van der Waals surface area (Å²) in [5.74, 6) is 0.885. The van der Waals surface area contributed by atoms with Crippen LogP contribution in [0, 0.1) is 6.92 Å². The Morgan fingerprint density at radius 2 is 2.00 bits per heavy atom. The first kappa shape index (κ1) is 16.0. The normalized spacial score (nSPS) is 10.8. The van der Waals surface area contributed by atoms with Gasteiger partial charge in [0.2, 0.25) is 0 Å². The molecule has 3 N–H and O–H groups in total. The highest BCUT2D eigenvalue weighted by molar-refractivity contribution is 5.92.